The number of nitrogens with one attached hydrogen (secondary N) is 2. The number of halogens is 2. The van der Waals surface area contributed by atoms with Gasteiger partial charge in [0.1, 0.15) is 11.4 Å². The van der Waals surface area contributed by atoms with E-state index in [1.807, 2.05) is 0 Å². The van der Waals surface area contributed by atoms with Crippen molar-refractivity contribution in [1.29, 1.82) is 0 Å². The number of ether oxygens (including phenoxy) is 1. The maximum absolute atomic E-state index is 12.9. The van der Waals surface area contributed by atoms with Gasteiger partial charge in [-0.15, -0.1) is 0 Å². The molecule has 3 rings (SSSR count). The van der Waals surface area contributed by atoms with Crippen LogP contribution in [0, 0.1) is 0 Å². The number of hydrazone groups is 1. The number of amides is 2. The molecule has 0 aromatic heterocycles. The summed E-state index contributed by atoms with van der Waals surface area (Å²) < 4.78 is 5.16. The molecule has 0 radical (unpaired) electrons. The number of methoxy groups -OCH3 is 1. The van der Waals surface area contributed by atoms with Crippen molar-refractivity contribution in [3.8, 4) is 5.75 Å². The lowest BCUT2D eigenvalue weighted by Crippen LogP contribution is -2.33. The molecule has 0 unspecified atom stereocenters. The van der Waals surface area contributed by atoms with Gasteiger partial charge in [-0.25, -0.2) is 5.43 Å². The molecule has 0 heterocycles. The first-order valence-corrected chi connectivity index (χ1v) is 10.6. The smallest absolute Gasteiger partial charge is 0.287 e. The fourth-order valence-corrected chi connectivity index (χ4v) is 3.39. The summed E-state index contributed by atoms with van der Waals surface area (Å²) in [6.45, 7) is 1.70. The van der Waals surface area contributed by atoms with Crippen molar-refractivity contribution in [1.82, 2.24) is 10.7 Å². The van der Waals surface area contributed by atoms with Crippen molar-refractivity contribution < 1.29 is 14.3 Å². The third-order valence-electron chi connectivity index (χ3n) is 4.60. The Morgan fingerprint density at radius 1 is 0.970 bits per heavy atom. The monoisotopic (exact) mass is 481 g/mol. The first-order chi connectivity index (χ1) is 15.9. The Balaban J connectivity index is 1.86. The molecule has 0 saturated carbocycles. The predicted octanol–water partition coefficient (Wildman–Crippen LogP) is 5.31. The fourth-order valence-electron chi connectivity index (χ4n) is 2.85. The maximum Gasteiger partial charge on any atom is 0.287 e. The van der Waals surface area contributed by atoms with Crippen molar-refractivity contribution in [2.24, 2.45) is 5.10 Å². The Morgan fingerprint density at radius 2 is 1.67 bits per heavy atom. The van der Waals surface area contributed by atoms with Gasteiger partial charge >= 0.3 is 0 Å². The summed E-state index contributed by atoms with van der Waals surface area (Å²) in [6, 6.07) is 20.6. The van der Waals surface area contributed by atoms with E-state index in [-0.39, 0.29) is 5.70 Å². The quantitative estimate of drug-likeness (QED) is 0.272. The molecule has 0 aliphatic rings. The molecule has 2 amide bonds. The molecule has 33 heavy (non-hydrogen) atoms. The number of benzene rings is 3. The van der Waals surface area contributed by atoms with Gasteiger partial charge in [-0.3, -0.25) is 9.59 Å². The van der Waals surface area contributed by atoms with Crippen LogP contribution in [0.1, 0.15) is 28.4 Å². The van der Waals surface area contributed by atoms with Gasteiger partial charge < -0.3 is 10.1 Å². The first kappa shape index (κ1) is 24.0. The summed E-state index contributed by atoms with van der Waals surface area (Å²) >= 11 is 12.2. The average molecular weight is 482 g/mol. The van der Waals surface area contributed by atoms with Crippen LogP contribution in [-0.2, 0) is 4.79 Å². The highest BCUT2D eigenvalue weighted by atomic mass is 35.5. The van der Waals surface area contributed by atoms with E-state index in [2.05, 4.69) is 15.8 Å². The van der Waals surface area contributed by atoms with Crippen LogP contribution in [0.2, 0.25) is 10.0 Å². The fraction of sp³-hybridized carbons (Fsp3) is 0.0800. The molecular weight excluding hydrogens is 461 g/mol. The summed E-state index contributed by atoms with van der Waals surface area (Å²) in [4.78, 5) is 25.6. The van der Waals surface area contributed by atoms with Gasteiger partial charge in [-0.2, -0.15) is 5.10 Å². The van der Waals surface area contributed by atoms with E-state index in [1.165, 1.54) is 0 Å². The van der Waals surface area contributed by atoms with Crippen LogP contribution in [0.15, 0.2) is 83.6 Å². The minimum absolute atomic E-state index is 0.0211. The molecule has 6 nitrogen and oxygen atoms in total. The molecule has 2 N–H and O–H groups in total. The topological polar surface area (TPSA) is 79.8 Å². The normalized spacial score (nSPS) is 11.6. The van der Waals surface area contributed by atoms with Crippen molar-refractivity contribution in [2.45, 2.75) is 6.92 Å². The lowest BCUT2D eigenvalue weighted by molar-refractivity contribution is -0.117. The summed E-state index contributed by atoms with van der Waals surface area (Å²) in [7, 11) is 1.57. The molecule has 0 fully saturated rings. The average Bonchev–Trinajstić information content (AvgIpc) is 2.82. The summed E-state index contributed by atoms with van der Waals surface area (Å²) in [5, 5.41) is 7.69. The number of nitrogens with zero attached hydrogens (tertiary/aromatic N) is 1. The summed E-state index contributed by atoms with van der Waals surface area (Å²) in [5.74, 6) is -0.349. The Hall–Kier alpha value is -3.61. The highest BCUT2D eigenvalue weighted by Gasteiger charge is 2.15. The van der Waals surface area contributed by atoms with E-state index in [0.29, 0.717) is 38.2 Å². The Labute approximate surface area is 201 Å². The highest BCUT2D eigenvalue weighted by Crippen LogP contribution is 2.21. The Bertz CT molecular complexity index is 1210. The van der Waals surface area contributed by atoms with E-state index >= 15 is 0 Å². The zero-order valence-electron chi connectivity index (χ0n) is 17.9. The lowest BCUT2D eigenvalue weighted by Gasteiger charge is -2.10. The second-order valence-corrected chi connectivity index (χ2v) is 7.76. The van der Waals surface area contributed by atoms with E-state index < -0.39 is 11.8 Å². The van der Waals surface area contributed by atoms with Gasteiger partial charge in [0.05, 0.1) is 17.8 Å². The van der Waals surface area contributed by atoms with Crippen LogP contribution in [0.25, 0.3) is 6.08 Å². The second kappa shape index (κ2) is 11.3. The Morgan fingerprint density at radius 3 is 2.30 bits per heavy atom. The molecule has 0 atom stereocenters. The van der Waals surface area contributed by atoms with E-state index in [4.69, 9.17) is 27.9 Å². The molecule has 168 valence electrons. The molecule has 8 heteroatoms. The summed E-state index contributed by atoms with van der Waals surface area (Å²) in [6.07, 6.45) is 1.55. The minimum Gasteiger partial charge on any atom is -0.497 e. The van der Waals surface area contributed by atoms with Crippen molar-refractivity contribution in [2.75, 3.05) is 7.11 Å². The predicted molar refractivity (Wildman–Crippen MR) is 132 cm³/mol. The molecule has 0 spiro atoms. The Kier molecular flexibility index (Phi) is 8.24. The second-order valence-electron chi connectivity index (χ2n) is 6.91. The molecule has 0 aliphatic carbocycles. The van der Waals surface area contributed by atoms with E-state index in [1.54, 1.807) is 92.9 Å². The highest BCUT2D eigenvalue weighted by molar-refractivity contribution is 6.37. The molecule has 3 aromatic rings. The van der Waals surface area contributed by atoms with Gasteiger partial charge in [-0.05, 0) is 55.0 Å². The van der Waals surface area contributed by atoms with E-state index in [9.17, 15) is 9.59 Å². The first-order valence-electron chi connectivity index (χ1n) is 9.89. The maximum atomic E-state index is 12.9. The van der Waals surface area contributed by atoms with Crippen molar-refractivity contribution >= 4 is 46.8 Å². The van der Waals surface area contributed by atoms with Gasteiger partial charge in [0, 0.05) is 16.1 Å². The van der Waals surface area contributed by atoms with Gasteiger partial charge in [0.25, 0.3) is 11.8 Å². The lowest BCUT2D eigenvalue weighted by atomic mass is 10.1. The molecule has 0 aliphatic heterocycles. The molecular formula is C25H21Cl2N3O3. The third-order valence-corrected chi connectivity index (χ3v) is 5.15. The standard InChI is InChI=1S/C25H21Cl2N3O3/c1-16(21-13-10-19(26)15-22(21)27)29-30-25(32)23(14-17-8-11-20(33-2)12-9-17)28-24(31)18-6-4-3-5-7-18/h3-15H,1-2H3,(H,28,31)(H,30,32)/b23-14+,29-16+. The van der Waals surface area contributed by atoms with Crippen molar-refractivity contribution in [3.63, 3.8) is 0 Å². The largest absolute Gasteiger partial charge is 0.497 e. The van der Waals surface area contributed by atoms with Crippen LogP contribution in [0.4, 0.5) is 0 Å². The van der Waals surface area contributed by atoms with E-state index in [0.717, 1.165) is 0 Å². The molecule has 0 saturated heterocycles. The number of hydrogen-bond donors (Lipinski definition) is 2. The zero-order valence-corrected chi connectivity index (χ0v) is 19.4. The van der Waals surface area contributed by atoms with Gasteiger partial charge in [0.15, 0.2) is 0 Å². The zero-order chi connectivity index (χ0) is 23.8. The van der Waals surface area contributed by atoms with Crippen LogP contribution in [0.5, 0.6) is 5.75 Å². The number of rotatable bonds is 7. The number of hydrogen-bond acceptors (Lipinski definition) is 4. The van der Waals surface area contributed by atoms with Crippen LogP contribution >= 0.6 is 23.2 Å². The van der Waals surface area contributed by atoms with Gasteiger partial charge in [-0.1, -0.05) is 59.6 Å². The van der Waals surface area contributed by atoms with Crippen molar-refractivity contribution in [3.05, 3.63) is 105 Å². The summed E-state index contributed by atoms with van der Waals surface area (Å²) in [5.41, 5.74) is 4.70. The third kappa shape index (κ3) is 6.68. The molecule has 0 bridgehead atoms. The number of carbonyl (C=O) groups excluding carboxylic acids is 2. The number of carbonyl (C=O) groups is 2. The molecule has 3 aromatic carbocycles. The van der Waals surface area contributed by atoms with Gasteiger partial charge in [0.2, 0.25) is 0 Å². The SMILES string of the molecule is COc1ccc(/C=C(/NC(=O)c2ccccc2)C(=O)N/N=C(\C)c2ccc(Cl)cc2Cl)cc1. The minimum atomic E-state index is -0.598. The van der Waals surface area contributed by atoms with Crippen LogP contribution in [0.3, 0.4) is 0 Å². The van der Waals surface area contributed by atoms with Crippen LogP contribution < -0.4 is 15.5 Å². The van der Waals surface area contributed by atoms with Crippen LogP contribution in [-0.4, -0.2) is 24.6 Å².